The van der Waals surface area contributed by atoms with Gasteiger partial charge in [0.15, 0.2) is 4.90 Å². The lowest BCUT2D eigenvalue weighted by Gasteiger charge is -2.18. The van der Waals surface area contributed by atoms with E-state index in [0.29, 0.717) is 4.47 Å². The monoisotopic (exact) mass is 380 g/mol. The molecule has 21 heavy (non-hydrogen) atoms. The summed E-state index contributed by atoms with van der Waals surface area (Å²) in [5, 5.41) is 19.9. The molecular weight excluding hydrogens is 368 g/mol. The molecule has 0 unspecified atom stereocenters. The average molecular weight is 381 g/mol. The number of hydrogen-bond acceptors (Lipinski definition) is 5. The second-order valence-electron chi connectivity index (χ2n) is 4.55. The lowest BCUT2D eigenvalue weighted by Crippen LogP contribution is -2.44. The fourth-order valence-corrected chi connectivity index (χ4v) is 3.60. The van der Waals surface area contributed by atoms with Crippen molar-refractivity contribution in [3.63, 3.8) is 0 Å². The van der Waals surface area contributed by atoms with Gasteiger partial charge in [-0.05, 0) is 18.1 Å². The molecule has 0 aliphatic carbocycles. The number of nitro benzene ring substituents is 1. The van der Waals surface area contributed by atoms with E-state index >= 15 is 0 Å². The Labute approximate surface area is 129 Å². The van der Waals surface area contributed by atoms with E-state index in [1.54, 1.807) is 0 Å². The summed E-state index contributed by atoms with van der Waals surface area (Å²) in [4.78, 5) is 20.6. The molecule has 0 aromatic heterocycles. The molecule has 1 rings (SSSR count). The summed E-state index contributed by atoms with van der Waals surface area (Å²) in [7, 11) is -4.35. The summed E-state index contributed by atoms with van der Waals surface area (Å²) in [5.74, 6) is -1.88. The highest BCUT2D eigenvalue weighted by molar-refractivity contribution is 9.10. The number of hydrogen-bond donors (Lipinski definition) is 2. The lowest BCUT2D eigenvalue weighted by molar-refractivity contribution is -0.387. The second-order valence-corrected chi connectivity index (χ2v) is 7.15. The van der Waals surface area contributed by atoms with E-state index in [4.69, 9.17) is 5.11 Å². The molecule has 0 saturated carbocycles. The topological polar surface area (TPSA) is 127 Å². The number of nitro groups is 1. The highest BCUT2D eigenvalue weighted by Crippen LogP contribution is 2.27. The Morgan fingerprint density at radius 3 is 2.43 bits per heavy atom. The number of nitrogens with zero attached hydrogens (tertiary/aromatic N) is 1. The summed E-state index contributed by atoms with van der Waals surface area (Å²) in [5.41, 5.74) is -0.626. The molecule has 0 amide bonds. The maximum absolute atomic E-state index is 12.2. The molecule has 116 valence electrons. The Kier molecular flexibility index (Phi) is 5.42. The smallest absolute Gasteiger partial charge is 0.322 e. The van der Waals surface area contributed by atoms with Crippen LogP contribution in [0.4, 0.5) is 5.69 Å². The summed E-state index contributed by atoms with van der Waals surface area (Å²) in [6.07, 6.45) is 0. The average Bonchev–Trinajstić information content (AvgIpc) is 2.34. The van der Waals surface area contributed by atoms with Crippen LogP contribution in [0.3, 0.4) is 0 Å². The molecule has 1 aromatic carbocycles. The molecule has 0 spiro atoms. The van der Waals surface area contributed by atoms with Crippen LogP contribution >= 0.6 is 15.9 Å². The third-order valence-electron chi connectivity index (χ3n) is 2.62. The number of carboxylic acid groups (broad SMARTS) is 1. The molecule has 0 heterocycles. The fraction of sp³-hybridized carbons (Fsp3) is 0.364. The molecule has 0 aliphatic rings. The van der Waals surface area contributed by atoms with Gasteiger partial charge in [0.2, 0.25) is 10.0 Å². The molecule has 2 N–H and O–H groups in total. The number of rotatable bonds is 6. The molecule has 1 atom stereocenters. The molecule has 8 nitrogen and oxygen atoms in total. The van der Waals surface area contributed by atoms with Crippen molar-refractivity contribution in [2.75, 3.05) is 0 Å². The van der Waals surface area contributed by atoms with E-state index in [2.05, 4.69) is 15.9 Å². The Bertz CT molecular complexity index is 673. The van der Waals surface area contributed by atoms with Crippen molar-refractivity contribution in [2.24, 2.45) is 5.92 Å². The van der Waals surface area contributed by atoms with Crippen LogP contribution in [0.2, 0.25) is 0 Å². The Morgan fingerprint density at radius 2 is 2.00 bits per heavy atom. The largest absolute Gasteiger partial charge is 0.480 e. The zero-order valence-electron chi connectivity index (χ0n) is 11.1. The summed E-state index contributed by atoms with van der Waals surface area (Å²) < 4.78 is 26.8. The maximum atomic E-state index is 12.2. The van der Waals surface area contributed by atoms with Gasteiger partial charge in [0, 0.05) is 10.5 Å². The molecule has 0 fully saturated rings. The summed E-state index contributed by atoms with van der Waals surface area (Å²) >= 11 is 3.03. The third kappa shape index (κ3) is 4.22. The first kappa shape index (κ1) is 17.5. The van der Waals surface area contributed by atoms with Crippen LogP contribution in [0.5, 0.6) is 0 Å². The lowest BCUT2D eigenvalue weighted by atomic mass is 10.1. The molecule has 1 aromatic rings. The SMILES string of the molecule is CC(C)[C@H](NS(=O)(=O)c1cc(Br)ccc1[N+](=O)[O-])C(=O)O. The first-order valence-corrected chi connectivity index (χ1v) is 8.03. The van der Waals surface area contributed by atoms with Gasteiger partial charge in [-0.2, -0.15) is 4.72 Å². The first-order chi connectivity index (χ1) is 9.56. The number of carbonyl (C=O) groups is 1. The predicted molar refractivity (Wildman–Crippen MR) is 77.4 cm³/mol. The van der Waals surface area contributed by atoms with Crippen LogP contribution in [0, 0.1) is 16.0 Å². The van der Waals surface area contributed by atoms with Crippen molar-refractivity contribution in [3.05, 3.63) is 32.8 Å². The van der Waals surface area contributed by atoms with Crippen molar-refractivity contribution in [1.29, 1.82) is 0 Å². The van der Waals surface area contributed by atoms with Crippen LogP contribution in [-0.4, -0.2) is 30.5 Å². The first-order valence-electron chi connectivity index (χ1n) is 5.75. The van der Waals surface area contributed by atoms with E-state index in [1.165, 1.54) is 19.9 Å². The summed E-state index contributed by atoms with van der Waals surface area (Å²) in [6.45, 7) is 3.05. The molecular formula is C11H13BrN2O6S. The van der Waals surface area contributed by atoms with Crippen molar-refractivity contribution in [3.8, 4) is 0 Å². The Morgan fingerprint density at radius 1 is 1.43 bits per heavy atom. The van der Waals surface area contributed by atoms with E-state index < -0.39 is 43.5 Å². The van der Waals surface area contributed by atoms with Crippen LogP contribution in [0.1, 0.15) is 13.8 Å². The van der Waals surface area contributed by atoms with Crippen molar-refractivity contribution in [1.82, 2.24) is 4.72 Å². The van der Waals surface area contributed by atoms with Crippen LogP contribution in [-0.2, 0) is 14.8 Å². The molecule has 0 aliphatic heterocycles. The van der Waals surface area contributed by atoms with Gasteiger partial charge in [-0.1, -0.05) is 29.8 Å². The van der Waals surface area contributed by atoms with Gasteiger partial charge in [-0.3, -0.25) is 14.9 Å². The van der Waals surface area contributed by atoms with Gasteiger partial charge in [-0.25, -0.2) is 8.42 Å². The number of sulfonamides is 1. The Hall–Kier alpha value is -1.52. The number of halogens is 1. The fourth-order valence-electron chi connectivity index (χ4n) is 1.56. The van der Waals surface area contributed by atoms with Gasteiger partial charge in [0.25, 0.3) is 5.69 Å². The van der Waals surface area contributed by atoms with E-state index in [-0.39, 0.29) is 0 Å². The van der Waals surface area contributed by atoms with Crippen LogP contribution < -0.4 is 4.72 Å². The normalized spacial score (nSPS) is 13.1. The van der Waals surface area contributed by atoms with E-state index in [1.807, 2.05) is 4.72 Å². The van der Waals surface area contributed by atoms with Gasteiger partial charge in [0.05, 0.1) is 4.92 Å². The quantitative estimate of drug-likeness (QED) is 0.571. The van der Waals surface area contributed by atoms with Gasteiger partial charge < -0.3 is 5.11 Å². The zero-order valence-corrected chi connectivity index (χ0v) is 13.5. The van der Waals surface area contributed by atoms with E-state index in [0.717, 1.165) is 12.1 Å². The molecule has 0 bridgehead atoms. The van der Waals surface area contributed by atoms with Gasteiger partial charge in [-0.15, -0.1) is 0 Å². The standard InChI is InChI=1S/C11H13BrN2O6S/c1-6(2)10(11(15)16)13-21(19,20)9-5-7(12)3-4-8(9)14(17)18/h3-6,10,13H,1-2H3,(H,15,16)/t10-/m0/s1. The minimum absolute atomic E-state index is 0.324. The van der Waals surface area contributed by atoms with Crippen LogP contribution in [0.25, 0.3) is 0 Å². The minimum Gasteiger partial charge on any atom is -0.480 e. The third-order valence-corrected chi connectivity index (χ3v) is 4.59. The maximum Gasteiger partial charge on any atom is 0.322 e. The predicted octanol–water partition coefficient (Wildman–Crippen LogP) is 1.74. The number of benzene rings is 1. The molecule has 0 saturated heterocycles. The van der Waals surface area contributed by atoms with Crippen LogP contribution in [0.15, 0.2) is 27.6 Å². The Balaban J connectivity index is 3.34. The highest BCUT2D eigenvalue weighted by atomic mass is 79.9. The number of carboxylic acids is 1. The van der Waals surface area contributed by atoms with E-state index in [9.17, 15) is 23.3 Å². The van der Waals surface area contributed by atoms with Crippen molar-refractivity contribution < 1.29 is 23.2 Å². The molecule has 0 radical (unpaired) electrons. The second kappa shape index (κ2) is 6.50. The minimum atomic E-state index is -4.35. The van der Waals surface area contributed by atoms with Gasteiger partial charge >= 0.3 is 5.97 Å². The summed E-state index contributed by atoms with van der Waals surface area (Å²) in [6, 6.07) is 2.03. The number of aliphatic carboxylic acids is 1. The van der Waals surface area contributed by atoms with Crippen molar-refractivity contribution >= 4 is 37.6 Å². The highest BCUT2D eigenvalue weighted by Gasteiger charge is 2.32. The zero-order chi connectivity index (χ0) is 16.4. The number of nitrogens with one attached hydrogen (secondary N) is 1. The molecule has 10 heteroatoms. The van der Waals surface area contributed by atoms with Gasteiger partial charge in [0.1, 0.15) is 6.04 Å². The van der Waals surface area contributed by atoms with Crippen molar-refractivity contribution in [2.45, 2.75) is 24.8 Å².